The van der Waals surface area contributed by atoms with Gasteiger partial charge in [-0.2, -0.15) is 0 Å². The Morgan fingerprint density at radius 3 is 2.47 bits per heavy atom. The van der Waals surface area contributed by atoms with Crippen molar-refractivity contribution in [3.05, 3.63) is 53.3 Å². The summed E-state index contributed by atoms with van der Waals surface area (Å²) in [6.45, 7) is 0. The van der Waals surface area contributed by atoms with Gasteiger partial charge in [0, 0.05) is 5.02 Å². The molecule has 0 amide bonds. The van der Waals surface area contributed by atoms with E-state index in [0.29, 0.717) is 5.02 Å². The Balaban J connectivity index is 2.41. The summed E-state index contributed by atoms with van der Waals surface area (Å²) in [6, 6.07) is 9.43. The van der Waals surface area contributed by atoms with Gasteiger partial charge in [0.25, 0.3) is 10.0 Å². The first-order chi connectivity index (χ1) is 8.90. The number of hydrogen-bond acceptors (Lipinski definition) is 3. The van der Waals surface area contributed by atoms with Gasteiger partial charge in [0.2, 0.25) is 0 Å². The second kappa shape index (κ2) is 5.07. The zero-order valence-electron chi connectivity index (χ0n) is 9.60. The minimum atomic E-state index is -3.96. The summed E-state index contributed by atoms with van der Waals surface area (Å²) in [6.07, 6.45) is 0. The van der Waals surface area contributed by atoms with E-state index in [1.54, 1.807) is 0 Å². The summed E-state index contributed by atoms with van der Waals surface area (Å²) in [4.78, 5) is -0.153. The van der Waals surface area contributed by atoms with E-state index in [0.717, 1.165) is 6.07 Å². The molecule has 0 unspecified atom stereocenters. The van der Waals surface area contributed by atoms with Crippen LogP contribution in [0.3, 0.4) is 0 Å². The smallest absolute Gasteiger partial charge is 0.264 e. The molecular weight excluding hydrogens is 291 g/mol. The average molecular weight is 301 g/mol. The van der Waals surface area contributed by atoms with E-state index in [-0.39, 0.29) is 16.3 Å². The summed E-state index contributed by atoms with van der Waals surface area (Å²) in [5.74, 6) is -0.668. The molecule has 19 heavy (non-hydrogen) atoms. The lowest BCUT2D eigenvalue weighted by atomic mass is 10.3. The summed E-state index contributed by atoms with van der Waals surface area (Å²) in [7, 11) is -3.96. The van der Waals surface area contributed by atoms with Gasteiger partial charge in [0.1, 0.15) is 10.7 Å². The van der Waals surface area contributed by atoms with Crippen molar-refractivity contribution in [2.24, 2.45) is 0 Å². The summed E-state index contributed by atoms with van der Waals surface area (Å²) < 4.78 is 39.7. The molecule has 7 heteroatoms. The molecule has 0 heterocycles. The molecule has 3 N–H and O–H groups in total. The Kier molecular flexibility index (Phi) is 3.64. The molecule has 0 spiro atoms. The molecule has 0 aliphatic carbocycles. The predicted molar refractivity (Wildman–Crippen MR) is 73.1 cm³/mol. The highest BCUT2D eigenvalue weighted by molar-refractivity contribution is 7.92. The fourth-order valence-corrected chi connectivity index (χ4v) is 2.87. The number of sulfonamides is 1. The second-order valence-corrected chi connectivity index (χ2v) is 5.85. The van der Waals surface area contributed by atoms with Crippen molar-refractivity contribution in [1.29, 1.82) is 0 Å². The number of benzene rings is 2. The minimum Gasteiger partial charge on any atom is -0.398 e. The first-order valence-corrected chi connectivity index (χ1v) is 7.08. The third-order valence-corrected chi connectivity index (χ3v) is 4.05. The van der Waals surface area contributed by atoms with Crippen LogP contribution in [0.5, 0.6) is 0 Å². The lowest BCUT2D eigenvalue weighted by Gasteiger charge is -2.10. The maximum absolute atomic E-state index is 13.4. The van der Waals surface area contributed by atoms with E-state index in [2.05, 4.69) is 4.72 Å². The molecule has 0 radical (unpaired) electrons. The monoisotopic (exact) mass is 300 g/mol. The van der Waals surface area contributed by atoms with Gasteiger partial charge >= 0.3 is 0 Å². The molecule has 0 aliphatic rings. The van der Waals surface area contributed by atoms with Crippen molar-refractivity contribution in [2.75, 3.05) is 10.5 Å². The molecule has 2 rings (SSSR count). The maximum Gasteiger partial charge on any atom is 0.264 e. The van der Waals surface area contributed by atoms with E-state index in [1.807, 2.05) is 0 Å². The van der Waals surface area contributed by atoms with Crippen LogP contribution in [0.15, 0.2) is 47.4 Å². The highest BCUT2D eigenvalue weighted by Gasteiger charge is 2.19. The number of hydrogen-bond donors (Lipinski definition) is 2. The third-order valence-electron chi connectivity index (χ3n) is 2.38. The van der Waals surface area contributed by atoms with E-state index in [9.17, 15) is 12.8 Å². The van der Waals surface area contributed by atoms with Crippen molar-refractivity contribution in [1.82, 2.24) is 0 Å². The molecule has 0 fully saturated rings. The Labute approximate surface area is 115 Å². The first kappa shape index (κ1) is 13.6. The van der Waals surface area contributed by atoms with Crippen LogP contribution in [0.4, 0.5) is 15.8 Å². The van der Waals surface area contributed by atoms with Gasteiger partial charge in [-0.15, -0.1) is 0 Å². The zero-order valence-corrected chi connectivity index (χ0v) is 11.2. The quantitative estimate of drug-likeness (QED) is 0.856. The highest BCUT2D eigenvalue weighted by Crippen LogP contribution is 2.25. The zero-order chi connectivity index (χ0) is 14.0. The number of para-hydroxylation sites is 1. The molecule has 4 nitrogen and oxygen atoms in total. The van der Waals surface area contributed by atoms with Crippen LogP contribution in [0.1, 0.15) is 0 Å². The molecule has 100 valence electrons. The van der Waals surface area contributed by atoms with Crippen LogP contribution < -0.4 is 10.5 Å². The largest absolute Gasteiger partial charge is 0.398 e. The Bertz CT molecular complexity index is 719. The standard InChI is InChI=1S/C12H10ClFN2O2S/c13-8-5-6-12(10(15)7-8)19(17,18)16-11-4-2-1-3-9(11)14/h1-7,16H,15H2. The highest BCUT2D eigenvalue weighted by atomic mass is 35.5. The fraction of sp³-hybridized carbons (Fsp3) is 0. The first-order valence-electron chi connectivity index (χ1n) is 5.22. The number of nitrogens with two attached hydrogens (primary N) is 1. The van der Waals surface area contributed by atoms with Crippen LogP contribution in [-0.2, 0) is 10.0 Å². The number of nitrogens with one attached hydrogen (secondary N) is 1. The van der Waals surface area contributed by atoms with Gasteiger partial charge in [-0.25, -0.2) is 12.8 Å². The van der Waals surface area contributed by atoms with E-state index >= 15 is 0 Å². The number of rotatable bonds is 3. The lowest BCUT2D eigenvalue weighted by molar-refractivity contribution is 0.599. The van der Waals surface area contributed by atoms with Crippen molar-refractivity contribution in [3.8, 4) is 0 Å². The molecule has 2 aromatic rings. The normalized spacial score (nSPS) is 11.3. The van der Waals surface area contributed by atoms with Crippen molar-refractivity contribution in [3.63, 3.8) is 0 Å². The van der Waals surface area contributed by atoms with Crippen LogP contribution in [0, 0.1) is 5.82 Å². The van der Waals surface area contributed by atoms with Gasteiger partial charge < -0.3 is 5.73 Å². The molecular formula is C12H10ClFN2O2S. The number of nitrogen functional groups attached to an aromatic ring is 1. The van der Waals surface area contributed by atoms with Gasteiger partial charge in [-0.3, -0.25) is 4.72 Å². The lowest BCUT2D eigenvalue weighted by Crippen LogP contribution is -2.15. The Morgan fingerprint density at radius 2 is 1.84 bits per heavy atom. The Hall–Kier alpha value is -1.79. The fourth-order valence-electron chi connectivity index (χ4n) is 1.51. The number of halogens is 2. The minimum absolute atomic E-state index is 0.00339. The van der Waals surface area contributed by atoms with Crippen LogP contribution in [0.2, 0.25) is 5.02 Å². The van der Waals surface area contributed by atoms with Gasteiger partial charge in [-0.05, 0) is 30.3 Å². The van der Waals surface area contributed by atoms with E-state index in [4.69, 9.17) is 17.3 Å². The molecule has 0 aromatic heterocycles. The predicted octanol–water partition coefficient (Wildman–Crippen LogP) is 2.86. The van der Waals surface area contributed by atoms with Crippen LogP contribution >= 0.6 is 11.6 Å². The van der Waals surface area contributed by atoms with Gasteiger partial charge in [0.15, 0.2) is 0 Å². The second-order valence-electron chi connectivity index (χ2n) is 3.77. The topological polar surface area (TPSA) is 72.2 Å². The van der Waals surface area contributed by atoms with Crippen molar-refractivity contribution < 1.29 is 12.8 Å². The van der Waals surface area contributed by atoms with Crippen molar-refractivity contribution >= 4 is 33.0 Å². The van der Waals surface area contributed by atoms with Crippen molar-refractivity contribution in [2.45, 2.75) is 4.90 Å². The molecule has 0 saturated carbocycles. The van der Waals surface area contributed by atoms with E-state index in [1.165, 1.54) is 36.4 Å². The molecule has 0 aliphatic heterocycles. The average Bonchev–Trinajstić information content (AvgIpc) is 2.31. The third kappa shape index (κ3) is 2.97. The van der Waals surface area contributed by atoms with E-state index < -0.39 is 15.8 Å². The van der Waals surface area contributed by atoms with Gasteiger partial charge in [0.05, 0.1) is 11.4 Å². The summed E-state index contributed by atoms with van der Waals surface area (Å²) >= 11 is 5.70. The SMILES string of the molecule is Nc1cc(Cl)ccc1S(=O)(=O)Nc1ccccc1F. The molecule has 0 bridgehead atoms. The van der Waals surface area contributed by atoms with Crippen LogP contribution in [-0.4, -0.2) is 8.42 Å². The van der Waals surface area contributed by atoms with Gasteiger partial charge in [-0.1, -0.05) is 23.7 Å². The maximum atomic E-state index is 13.4. The number of anilines is 2. The molecule has 2 aromatic carbocycles. The van der Waals surface area contributed by atoms with Crippen LogP contribution in [0.25, 0.3) is 0 Å². The molecule has 0 saturated heterocycles. The Morgan fingerprint density at radius 1 is 1.16 bits per heavy atom. The summed E-state index contributed by atoms with van der Waals surface area (Å²) in [5.41, 5.74) is 5.46. The summed E-state index contributed by atoms with van der Waals surface area (Å²) in [5, 5.41) is 0.322. The molecule has 0 atom stereocenters.